The second-order valence-electron chi connectivity index (χ2n) is 3.00. The maximum atomic E-state index is 3.53. The minimum Gasteiger partial charge on any atom is -0.325 e. The predicted molar refractivity (Wildman–Crippen MR) is 63.1 cm³/mol. The number of hydrogen-bond acceptors (Lipinski definition) is 2. The SMILES string of the molecule is Cc1cccc(N2CSC=C2Br)c1. The van der Waals surface area contributed by atoms with Gasteiger partial charge in [-0.25, -0.2) is 0 Å². The van der Waals surface area contributed by atoms with E-state index in [9.17, 15) is 0 Å². The van der Waals surface area contributed by atoms with E-state index in [2.05, 4.69) is 57.4 Å². The summed E-state index contributed by atoms with van der Waals surface area (Å²) in [6, 6.07) is 8.53. The average molecular weight is 256 g/mol. The van der Waals surface area contributed by atoms with E-state index in [1.807, 2.05) is 11.8 Å². The third-order valence-electron chi connectivity index (χ3n) is 1.96. The van der Waals surface area contributed by atoms with Crippen molar-refractivity contribution in [1.82, 2.24) is 0 Å². The lowest BCUT2D eigenvalue weighted by molar-refractivity contribution is 1.17. The summed E-state index contributed by atoms with van der Waals surface area (Å²) in [6.45, 7) is 2.12. The number of nitrogens with zero attached hydrogens (tertiary/aromatic N) is 1. The van der Waals surface area contributed by atoms with Gasteiger partial charge in [0.25, 0.3) is 0 Å². The standard InChI is InChI=1S/C10H10BrNS/c1-8-3-2-4-9(5-8)12-7-13-6-10(12)11/h2-6H,7H2,1H3. The Morgan fingerprint density at radius 3 is 2.92 bits per heavy atom. The molecule has 1 aromatic rings. The molecule has 3 heteroatoms. The number of thioether (sulfide) groups is 1. The minimum atomic E-state index is 1.00. The molecule has 1 heterocycles. The zero-order valence-corrected chi connectivity index (χ0v) is 9.73. The normalized spacial score (nSPS) is 16.2. The van der Waals surface area contributed by atoms with Crippen LogP contribution < -0.4 is 4.90 Å². The third-order valence-corrected chi connectivity index (χ3v) is 3.71. The maximum Gasteiger partial charge on any atom is 0.0922 e. The van der Waals surface area contributed by atoms with Gasteiger partial charge in [0.15, 0.2) is 0 Å². The summed E-state index contributed by atoms with van der Waals surface area (Å²) in [4.78, 5) is 2.25. The smallest absolute Gasteiger partial charge is 0.0922 e. The molecule has 0 bridgehead atoms. The summed E-state index contributed by atoms with van der Waals surface area (Å²) >= 11 is 5.34. The van der Waals surface area contributed by atoms with E-state index in [1.165, 1.54) is 11.3 Å². The Morgan fingerprint density at radius 2 is 2.31 bits per heavy atom. The van der Waals surface area contributed by atoms with Crippen LogP contribution in [0.2, 0.25) is 0 Å². The second-order valence-corrected chi connectivity index (χ2v) is 4.64. The van der Waals surface area contributed by atoms with Crippen LogP contribution in [0.1, 0.15) is 5.56 Å². The van der Waals surface area contributed by atoms with Gasteiger partial charge in [-0.1, -0.05) is 12.1 Å². The fourth-order valence-electron chi connectivity index (χ4n) is 1.30. The summed E-state index contributed by atoms with van der Waals surface area (Å²) in [5.41, 5.74) is 2.56. The minimum absolute atomic E-state index is 1.00. The number of rotatable bonds is 1. The molecular weight excluding hydrogens is 246 g/mol. The van der Waals surface area contributed by atoms with E-state index in [0.717, 1.165) is 10.5 Å². The molecule has 0 amide bonds. The van der Waals surface area contributed by atoms with Crippen molar-refractivity contribution in [3.63, 3.8) is 0 Å². The Hall–Kier alpha value is -0.410. The summed E-state index contributed by atoms with van der Waals surface area (Å²) in [5, 5.41) is 2.13. The van der Waals surface area contributed by atoms with Crippen molar-refractivity contribution >= 4 is 33.4 Å². The van der Waals surface area contributed by atoms with Crippen LogP contribution in [0.25, 0.3) is 0 Å². The molecule has 0 aliphatic carbocycles. The molecule has 0 unspecified atom stereocenters. The Bertz CT molecular complexity index is 349. The molecule has 1 aliphatic rings. The fourth-order valence-corrected chi connectivity index (χ4v) is 2.97. The molecule has 0 saturated carbocycles. The van der Waals surface area contributed by atoms with Crippen molar-refractivity contribution in [1.29, 1.82) is 0 Å². The quantitative estimate of drug-likeness (QED) is 0.705. The molecule has 0 aromatic heterocycles. The molecule has 0 spiro atoms. The molecule has 1 aliphatic heterocycles. The van der Waals surface area contributed by atoms with Gasteiger partial charge in [0.2, 0.25) is 0 Å². The summed E-state index contributed by atoms with van der Waals surface area (Å²) in [6.07, 6.45) is 0. The Labute approximate surface area is 90.9 Å². The fraction of sp³-hybridized carbons (Fsp3) is 0.200. The van der Waals surface area contributed by atoms with Crippen LogP contribution in [0.15, 0.2) is 34.3 Å². The van der Waals surface area contributed by atoms with Crippen LogP contribution in [0.5, 0.6) is 0 Å². The van der Waals surface area contributed by atoms with E-state index in [4.69, 9.17) is 0 Å². The van der Waals surface area contributed by atoms with Crippen LogP contribution in [0, 0.1) is 6.92 Å². The van der Waals surface area contributed by atoms with Gasteiger partial charge in [-0.05, 0) is 40.5 Å². The van der Waals surface area contributed by atoms with Crippen LogP contribution in [0.4, 0.5) is 5.69 Å². The largest absolute Gasteiger partial charge is 0.325 e. The molecule has 0 N–H and O–H groups in total. The van der Waals surface area contributed by atoms with Gasteiger partial charge in [0.05, 0.1) is 10.5 Å². The Morgan fingerprint density at radius 1 is 1.46 bits per heavy atom. The van der Waals surface area contributed by atoms with Crippen LogP contribution >= 0.6 is 27.7 Å². The van der Waals surface area contributed by atoms with Gasteiger partial charge in [-0.3, -0.25) is 0 Å². The number of benzene rings is 1. The number of hydrogen-bond donors (Lipinski definition) is 0. The molecule has 0 radical (unpaired) electrons. The molecule has 0 saturated heterocycles. The first-order chi connectivity index (χ1) is 6.27. The lowest BCUT2D eigenvalue weighted by atomic mass is 10.2. The van der Waals surface area contributed by atoms with Crippen LogP contribution in [0.3, 0.4) is 0 Å². The van der Waals surface area contributed by atoms with Crippen LogP contribution in [-0.4, -0.2) is 5.88 Å². The number of aryl methyl sites for hydroxylation is 1. The van der Waals surface area contributed by atoms with Crippen molar-refractivity contribution < 1.29 is 0 Å². The number of halogens is 1. The third kappa shape index (κ3) is 1.92. The van der Waals surface area contributed by atoms with Gasteiger partial charge >= 0.3 is 0 Å². The summed E-state index contributed by atoms with van der Waals surface area (Å²) in [7, 11) is 0. The molecular formula is C10H10BrNS. The monoisotopic (exact) mass is 255 g/mol. The highest BCUT2D eigenvalue weighted by molar-refractivity contribution is 9.12. The van der Waals surface area contributed by atoms with Crippen molar-refractivity contribution in [2.45, 2.75) is 6.92 Å². The lowest BCUT2D eigenvalue weighted by Crippen LogP contribution is -2.14. The van der Waals surface area contributed by atoms with E-state index in [1.54, 1.807) is 0 Å². The molecule has 0 atom stereocenters. The maximum absolute atomic E-state index is 3.53. The van der Waals surface area contributed by atoms with E-state index in [0.29, 0.717) is 0 Å². The van der Waals surface area contributed by atoms with Crippen molar-refractivity contribution in [3.05, 3.63) is 39.8 Å². The lowest BCUT2D eigenvalue weighted by Gasteiger charge is -2.18. The summed E-state index contributed by atoms with van der Waals surface area (Å²) in [5.74, 6) is 1.00. The highest BCUT2D eigenvalue weighted by Gasteiger charge is 2.14. The summed E-state index contributed by atoms with van der Waals surface area (Å²) < 4.78 is 1.16. The molecule has 0 fully saturated rings. The van der Waals surface area contributed by atoms with Gasteiger partial charge in [0.1, 0.15) is 0 Å². The van der Waals surface area contributed by atoms with Crippen LogP contribution in [-0.2, 0) is 0 Å². The Kier molecular flexibility index (Phi) is 2.65. The zero-order valence-electron chi connectivity index (χ0n) is 7.33. The first-order valence-electron chi connectivity index (χ1n) is 4.09. The van der Waals surface area contributed by atoms with Gasteiger partial charge < -0.3 is 4.90 Å². The van der Waals surface area contributed by atoms with E-state index in [-0.39, 0.29) is 0 Å². The molecule has 68 valence electrons. The zero-order chi connectivity index (χ0) is 9.26. The first-order valence-corrected chi connectivity index (χ1v) is 5.93. The van der Waals surface area contributed by atoms with Crippen molar-refractivity contribution in [2.75, 3.05) is 10.8 Å². The molecule has 2 rings (SSSR count). The number of anilines is 1. The molecule has 1 aromatic carbocycles. The molecule has 13 heavy (non-hydrogen) atoms. The topological polar surface area (TPSA) is 3.24 Å². The Balaban J connectivity index is 2.30. The van der Waals surface area contributed by atoms with Gasteiger partial charge in [0, 0.05) is 11.1 Å². The predicted octanol–water partition coefficient (Wildman–Crippen LogP) is 3.70. The highest BCUT2D eigenvalue weighted by Crippen LogP contribution is 2.32. The van der Waals surface area contributed by atoms with E-state index >= 15 is 0 Å². The van der Waals surface area contributed by atoms with Crippen molar-refractivity contribution in [3.8, 4) is 0 Å². The van der Waals surface area contributed by atoms with Gasteiger partial charge in [-0.2, -0.15) is 0 Å². The van der Waals surface area contributed by atoms with E-state index < -0.39 is 0 Å². The second kappa shape index (κ2) is 3.76. The average Bonchev–Trinajstić information content (AvgIpc) is 2.51. The molecule has 1 nitrogen and oxygen atoms in total. The highest BCUT2D eigenvalue weighted by atomic mass is 79.9. The van der Waals surface area contributed by atoms with Gasteiger partial charge in [-0.15, -0.1) is 11.8 Å². The van der Waals surface area contributed by atoms with Crippen molar-refractivity contribution in [2.24, 2.45) is 0 Å². The first kappa shape index (κ1) is 9.16.